The molecule has 0 fully saturated rings. The van der Waals surface area contributed by atoms with E-state index >= 15 is 0 Å². The number of hydrogen-bond acceptors (Lipinski definition) is 2. The molecule has 0 bridgehead atoms. The summed E-state index contributed by atoms with van der Waals surface area (Å²) in [5, 5.41) is 1.48. The summed E-state index contributed by atoms with van der Waals surface area (Å²) >= 11 is 12.1. The van der Waals surface area contributed by atoms with Crippen LogP contribution in [0, 0.1) is 0 Å². The average molecular weight is 365 g/mol. The summed E-state index contributed by atoms with van der Waals surface area (Å²) in [4.78, 5) is 2.47. The van der Waals surface area contributed by atoms with E-state index in [1.807, 2.05) is 36.4 Å². The summed E-state index contributed by atoms with van der Waals surface area (Å²) in [6.07, 6.45) is 2.19. The van der Waals surface area contributed by atoms with Crippen LogP contribution in [-0.4, -0.2) is 18.0 Å². The summed E-state index contributed by atoms with van der Waals surface area (Å²) in [5.41, 5.74) is 9.00. The van der Waals surface area contributed by atoms with Gasteiger partial charge in [-0.1, -0.05) is 61.3 Å². The number of hydrogen-bond donors (Lipinski definition) is 1. The fourth-order valence-electron chi connectivity index (χ4n) is 3.14. The lowest BCUT2D eigenvalue weighted by Gasteiger charge is -2.36. The first kappa shape index (κ1) is 19.3. The Balaban J connectivity index is 2.39. The van der Waals surface area contributed by atoms with Crippen LogP contribution in [0.3, 0.4) is 0 Å². The summed E-state index contributed by atoms with van der Waals surface area (Å²) in [5.74, 6) is 0. The Morgan fingerprint density at radius 3 is 1.62 bits per heavy atom. The van der Waals surface area contributed by atoms with Gasteiger partial charge in [0.15, 0.2) is 0 Å². The Morgan fingerprint density at radius 1 is 0.792 bits per heavy atom. The molecule has 2 N–H and O–H groups in total. The fraction of sp³-hybridized carbons (Fsp3) is 0.400. The molecule has 0 heterocycles. The third-order valence-electron chi connectivity index (χ3n) is 4.22. The highest BCUT2D eigenvalue weighted by molar-refractivity contribution is 6.30. The molecule has 2 atom stereocenters. The zero-order chi connectivity index (χ0) is 17.5. The maximum atomic E-state index is 6.70. The van der Waals surface area contributed by atoms with Crippen LogP contribution in [0.25, 0.3) is 0 Å². The van der Waals surface area contributed by atoms with Crippen LogP contribution in [0.4, 0.5) is 0 Å². The lowest BCUT2D eigenvalue weighted by atomic mass is 9.92. The van der Waals surface area contributed by atoms with Gasteiger partial charge < -0.3 is 5.73 Å². The molecule has 2 nitrogen and oxygen atoms in total. The van der Waals surface area contributed by atoms with Crippen LogP contribution >= 0.6 is 23.2 Å². The van der Waals surface area contributed by atoms with Crippen molar-refractivity contribution in [2.24, 2.45) is 5.73 Å². The van der Waals surface area contributed by atoms with E-state index in [9.17, 15) is 0 Å². The van der Waals surface area contributed by atoms with E-state index in [4.69, 9.17) is 28.9 Å². The molecule has 0 aliphatic heterocycles. The van der Waals surface area contributed by atoms with Crippen molar-refractivity contribution in [2.45, 2.75) is 38.8 Å². The Kier molecular flexibility index (Phi) is 7.57. The standard InChI is InChI=1S/C20H26Cl2N2/c1-3-13-24(14-4-2)20(16-7-11-18(22)12-8-16)19(23)15-5-9-17(21)10-6-15/h5-12,19-20H,3-4,13-14,23H2,1-2H3/t19-,20-/m0/s1. The molecule has 2 rings (SSSR count). The minimum absolute atomic E-state index is 0.114. The van der Waals surface area contributed by atoms with Crippen molar-refractivity contribution in [2.75, 3.05) is 13.1 Å². The molecule has 2 aromatic carbocycles. The maximum Gasteiger partial charge on any atom is 0.0541 e. The van der Waals surface area contributed by atoms with E-state index in [-0.39, 0.29) is 12.1 Å². The van der Waals surface area contributed by atoms with E-state index in [0.29, 0.717) is 0 Å². The van der Waals surface area contributed by atoms with Gasteiger partial charge in [0.1, 0.15) is 0 Å². The first-order chi connectivity index (χ1) is 11.6. The van der Waals surface area contributed by atoms with Crippen molar-refractivity contribution in [3.63, 3.8) is 0 Å². The van der Waals surface area contributed by atoms with E-state index < -0.39 is 0 Å². The quantitative estimate of drug-likeness (QED) is 0.635. The van der Waals surface area contributed by atoms with Gasteiger partial charge in [-0.2, -0.15) is 0 Å². The van der Waals surface area contributed by atoms with Gasteiger partial charge in [-0.25, -0.2) is 0 Å². The predicted molar refractivity (Wildman–Crippen MR) is 105 cm³/mol. The molecule has 0 aromatic heterocycles. The highest BCUT2D eigenvalue weighted by Crippen LogP contribution is 2.34. The zero-order valence-electron chi connectivity index (χ0n) is 14.4. The summed E-state index contributed by atoms with van der Waals surface area (Å²) in [7, 11) is 0. The molecule has 0 aliphatic carbocycles. The molecule has 2 aromatic rings. The second-order valence-corrected chi connectivity index (χ2v) is 6.98. The van der Waals surface area contributed by atoms with Crippen LogP contribution in [0.15, 0.2) is 48.5 Å². The van der Waals surface area contributed by atoms with E-state index in [0.717, 1.165) is 41.5 Å². The molecule has 0 saturated heterocycles. The van der Waals surface area contributed by atoms with Gasteiger partial charge in [0.05, 0.1) is 6.04 Å². The molecule has 24 heavy (non-hydrogen) atoms. The number of nitrogens with zero attached hydrogens (tertiary/aromatic N) is 1. The zero-order valence-corrected chi connectivity index (χ0v) is 15.9. The van der Waals surface area contributed by atoms with Crippen molar-refractivity contribution >= 4 is 23.2 Å². The largest absolute Gasteiger partial charge is 0.322 e. The number of nitrogens with two attached hydrogens (primary N) is 1. The minimum Gasteiger partial charge on any atom is -0.322 e. The Morgan fingerprint density at radius 2 is 1.21 bits per heavy atom. The highest BCUT2D eigenvalue weighted by Gasteiger charge is 2.27. The van der Waals surface area contributed by atoms with Gasteiger partial charge in [0.25, 0.3) is 0 Å². The molecule has 130 valence electrons. The summed E-state index contributed by atoms with van der Waals surface area (Å²) < 4.78 is 0. The van der Waals surface area contributed by atoms with Crippen molar-refractivity contribution in [3.8, 4) is 0 Å². The van der Waals surface area contributed by atoms with Crippen molar-refractivity contribution in [1.29, 1.82) is 0 Å². The second kappa shape index (κ2) is 9.43. The van der Waals surface area contributed by atoms with Crippen LogP contribution in [0.5, 0.6) is 0 Å². The Bertz CT molecular complexity index is 605. The van der Waals surface area contributed by atoms with E-state index in [1.165, 1.54) is 5.56 Å². The Hall–Kier alpha value is -1.06. The Labute approximate surface area is 155 Å². The lowest BCUT2D eigenvalue weighted by Crippen LogP contribution is -2.37. The lowest BCUT2D eigenvalue weighted by molar-refractivity contribution is 0.171. The smallest absolute Gasteiger partial charge is 0.0541 e. The highest BCUT2D eigenvalue weighted by atomic mass is 35.5. The third kappa shape index (κ3) is 4.97. The average Bonchev–Trinajstić information content (AvgIpc) is 2.58. The molecule has 0 unspecified atom stereocenters. The molecule has 0 spiro atoms. The van der Waals surface area contributed by atoms with Gasteiger partial charge in [-0.3, -0.25) is 4.90 Å². The molecule has 4 heteroatoms. The molecular weight excluding hydrogens is 339 g/mol. The molecule has 0 radical (unpaired) electrons. The summed E-state index contributed by atoms with van der Waals surface area (Å²) in [6.45, 7) is 6.44. The van der Waals surface area contributed by atoms with Crippen LogP contribution < -0.4 is 5.73 Å². The van der Waals surface area contributed by atoms with Gasteiger partial charge in [0, 0.05) is 16.1 Å². The van der Waals surface area contributed by atoms with Crippen LogP contribution in [0.2, 0.25) is 10.0 Å². The number of benzene rings is 2. The maximum absolute atomic E-state index is 6.70. The molecule has 0 saturated carbocycles. The van der Waals surface area contributed by atoms with Crippen molar-refractivity contribution in [1.82, 2.24) is 4.90 Å². The van der Waals surface area contributed by atoms with Crippen LogP contribution in [-0.2, 0) is 0 Å². The molecule has 0 aliphatic rings. The predicted octanol–water partition coefficient (Wildman–Crippen LogP) is 5.86. The van der Waals surface area contributed by atoms with Crippen molar-refractivity contribution < 1.29 is 0 Å². The van der Waals surface area contributed by atoms with Crippen LogP contribution in [0.1, 0.15) is 49.9 Å². The summed E-state index contributed by atoms with van der Waals surface area (Å²) in [6, 6.07) is 15.9. The molecular formula is C20H26Cl2N2. The second-order valence-electron chi connectivity index (χ2n) is 6.11. The normalized spacial score (nSPS) is 13.9. The first-order valence-electron chi connectivity index (χ1n) is 8.57. The van der Waals surface area contributed by atoms with E-state index in [2.05, 4.69) is 30.9 Å². The monoisotopic (exact) mass is 364 g/mol. The number of rotatable bonds is 8. The van der Waals surface area contributed by atoms with Gasteiger partial charge in [0.2, 0.25) is 0 Å². The first-order valence-corrected chi connectivity index (χ1v) is 9.33. The SMILES string of the molecule is CCCN(CCC)[C@@H](c1ccc(Cl)cc1)[C@@H](N)c1ccc(Cl)cc1. The molecule has 0 amide bonds. The fourth-order valence-corrected chi connectivity index (χ4v) is 3.39. The van der Waals surface area contributed by atoms with Crippen molar-refractivity contribution in [3.05, 3.63) is 69.7 Å². The van der Waals surface area contributed by atoms with Gasteiger partial charge in [-0.05, 0) is 61.3 Å². The topological polar surface area (TPSA) is 29.3 Å². The van der Waals surface area contributed by atoms with E-state index in [1.54, 1.807) is 0 Å². The minimum atomic E-state index is -0.124. The third-order valence-corrected chi connectivity index (χ3v) is 4.73. The van der Waals surface area contributed by atoms with Gasteiger partial charge >= 0.3 is 0 Å². The van der Waals surface area contributed by atoms with Gasteiger partial charge in [-0.15, -0.1) is 0 Å². The number of halogens is 2.